The van der Waals surface area contributed by atoms with Gasteiger partial charge in [-0.05, 0) is 24.3 Å². The number of aromatic carboxylic acids is 2. The van der Waals surface area contributed by atoms with Crippen molar-refractivity contribution in [2.45, 2.75) is 0 Å². The minimum Gasteiger partial charge on any atom is -0.478 e. The van der Waals surface area contributed by atoms with E-state index in [0.29, 0.717) is 0 Å². The Hall–Kier alpha value is -3.68. The van der Waals surface area contributed by atoms with Crippen molar-refractivity contribution in [1.29, 1.82) is 0 Å². The van der Waals surface area contributed by atoms with E-state index < -0.39 is 23.8 Å². The Labute approximate surface area is 134 Å². The minimum atomic E-state index is -1.32. The van der Waals surface area contributed by atoms with Gasteiger partial charge in [-0.1, -0.05) is 12.1 Å². The van der Waals surface area contributed by atoms with E-state index in [1.165, 1.54) is 36.4 Å². The summed E-state index contributed by atoms with van der Waals surface area (Å²) in [4.78, 5) is 47.6. The molecule has 0 radical (unpaired) electrons. The molecule has 24 heavy (non-hydrogen) atoms. The number of nitrogens with one attached hydrogen (secondary N) is 2. The molecule has 1 aliphatic heterocycles. The second kappa shape index (κ2) is 5.51. The second-order valence-electron chi connectivity index (χ2n) is 4.97. The summed E-state index contributed by atoms with van der Waals surface area (Å²) < 4.78 is 0. The molecule has 0 saturated carbocycles. The molecule has 0 atom stereocenters. The SMILES string of the molecule is O=C(O)c1cccc2c1C(=O)Nc1cccc(C(=O)O)c1C(=O)N2. The first kappa shape index (κ1) is 15.2. The molecule has 1 aliphatic rings. The third kappa shape index (κ3) is 2.35. The predicted molar refractivity (Wildman–Crippen MR) is 82.7 cm³/mol. The number of hydrogen-bond donors (Lipinski definition) is 4. The summed E-state index contributed by atoms with van der Waals surface area (Å²) in [7, 11) is 0. The standard InChI is InChI=1S/C16H10N2O6/c19-13-11-7(15(21)22)3-1-5-9(11)17-14(20)12-8(16(23)24)4-2-6-10(12)18-13/h1-6H,(H,17,20)(H,18,19)(H,21,22)(H,23,24). The molecule has 0 fully saturated rings. The van der Waals surface area contributed by atoms with Gasteiger partial charge in [0.05, 0.1) is 33.6 Å². The molecule has 2 aromatic rings. The summed E-state index contributed by atoms with van der Waals surface area (Å²) >= 11 is 0. The normalized spacial score (nSPS) is 12.8. The largest absolute Gasteiger partial charge is 0.478 e. The van der Waals surface area contributed by atoms with Crippen molar-refractivity contribution in [3.05, 3.63) is 58.7 Å². The van der Waals surface area contributed by atoms with E-state index in [4.69, 9.17) is 0 Å². The maximum atomic E-state index is 12.5. The predicted octanol–water partition coefficient (Wildman–Crippen LogP) is 1.90. The van der Waals surface area contributed by atoms with Crippen LogP contribution in [-0.2, 0) is 0 Å². The minimum absolute atomic E-state index is 0.0109. The quantitative estimate of drug-likeness (QED) is 0.666. The molecule has 1 heterocycles. The molecule has 3 rings (SSSR count). The fraction of sp³-hybridized carbons (Fsp3) is 0. The van der Waals surface area contributed by atoms with Crippen LogP contribution in [0, 0.1) is 0 Å². The summed E-state index contributed by atoms with van der Waals surface area (Å²) in [5, 5.41) is 23.3. The highest BCUT2D eigenvalue weighted by Gasteiger charge is 2.29. The Morgan fingerprint density at radius 1 is 0.708 bits per heavy atom. The van der Waals surface area contributed by atoms with E-state index in [1.807, 2.05) is 0 Å². The zero-order valence-corrected chi connectivity index (χ0v) is 12.0. The van der Waals surface area contributed by atoms with Crippen LogP contribution >= 0.6 is 0 Å². The number of carboxylic acids is 2. The zero-order chi connectivity index (χ0) is 17.4. The molecule has 0 aromatic heterocycles. The smallest absolute Gasteiger partial charge is 0.336 e. The van der Waals surface area contributed by atoms with Gasteiger partial charge in [0.15, 0.2) is 0 Å². The Balaban J connectivity index is 2.23. The number of anilines is 2. The summed E-state index contributed by atoms with van der Waals surface area (Å²) in [6, 6.07) is 7.97. The molecular formula is C16H10N2O6. The maximum Gasteiger partial charge on any atom is 0.336 e. The molecule has 0 unspecified atom stereocenters. The van der Waals surface area contributed by atoms with Crippen LogP contribution in [0.15, 0.2) is 36.4 Å². The lowest BCUT2D eigenvalue weighted by molar-refractivity contribution is 0.0684. The summed E-state index contributed by atoms with van der Waals surface area (Å²) in [6.45, 7) is 0. The highest BCUT2D eigenvalue weighted by atomic mass is 16.4. The average molecular weight is 326 g/mol. The van der Waals surface area contributed by atoms with Crippen LogP contribution in [0.5, 0.6) is 0 Å². The van der Waals surface area contributed by atoms with E-state index >= 15 is 0 Å². The summed E-state index contributed by atoms with van der Waals surface area (Å²) in [5.74, 6) is -4.16. The number of carbonyl (C=O) groups is 4. The van der Waals surface area contributed by atoms with Gasteiger partial charge in [0.1, 0.15) is 0 Å². The van der Waals surface area contributed by atoms with Crippen molar-refractivity contribution in [1.82, 2.24) is 0 Å². The van der Waals surface area contributed by atoms with Gasteiger partial charge in [0.25, 0.3) is 11.8 Å². The van der Waals surface area contributed by atoms with Crippen LogP contribution in [0.25, 0.3) is 0 Å². The highest BCUT2D eigenvalue weighted by Crippen LogP contribution is 2.29. The first-order valence-corrected chi connectivity index (χ1v) is 6.75. The maximum absolute atomic E-state index is 12.5. The van der Waals surface area contributed by atoms with Gasteiger partial charge >= 0.3 is 11.9 Å². The fourth-order valence-corrected chi connectivity index (χ4v) is 2.53. The lowest BCUT2D eigenvalue weighted by Crippen LogP contribution is -2.27. The van der Waals surface area contributed by atoms with E-state index in [-0.39, 0.29) is 33.6 Å². The van der Waals surface area contributed by atoms with Crippen molar-refractivity contribution in [3.8, 4) is 0 Å². The molecule has 0 spiro atoms. The van der Waals surface area contributed by atoms with E-state index in [2.05, 4.69) is 10.6 Å². The fourth-order valence-electron chi connectivity index (χ4n) is 2.53. The zero-order valence-electron chi connectivity index (χ0n) is 12.0. The lowest BCUT2D eigenvalue weighted by atomic mass is 9.99. The second-order valence-corrected chi connectivity index (χ2v) is 4.97. The van der Waals surface area contributed by atoms with Crippen molar-refractivity contribution < 1.29 is 29.4 Å². The van der Waals surface area contributed by atoms with Gasteiger partial charge in [0.2, 0.25) is 0 Å². The van der Waals surface area contributed by atoms with E-state index in [1.54, 1.807) is 0 Å². The van der Waals surface area contributed by atoms with Crippen molar-refractivity contribution in [3.63, 3.8) is 0 Å². The molecule has 0 aliphatic carbocycles. The van der Waals surface area contributed by atoms with Crippen LogP contribution in [-0.4, -0.2) is 34.0 Å². The van der Waals surface area contributed by atoms with E-state index in [9.17, 15) is 29.4 Å². The summed E-state index contributed by atoms with van der Waals surface area (Å²) in [6.07, 6.45) is 0. The molecule has 8 heteroatoms. The monoisotopic (exact) mass is 326 g/mol. The Bertz CT molecular complexity index is 843. The van der Waals surface area contributed by atoms with E-state index in [0.717, 1.165) is 0 Å². The van der Waals surface area contributed by atoms with Crippen LogP contribution in [0.3, 0.4) is 0 Å². The average Bonchev–Trinajstić information content (AvgIpc) is 2.52. The first-order valence-electron chi connectivity index (χ1n) is 6.75. The number of carboxylic acid groups (broad SMARTS) is 2. The lowest BCUT2D eigenvalue weighted by Gasteiger charge is -2.20. The molecular weight excluding hydrogens is 316 g/mol. The van der Waals surface area contributed by atoms with Gasteiger partial charge in [-0.15, -0.1) is 0 Å². The third-order valence-electron chi connectivity index (χ3n) is 3.54. The van der Waals surface area contributed by atoms with Crippen LogP contribution in [0.4, 0.5) is 11.4 Å². The molecule has 2 amide bonds. The number of carbonyl (C=O) groups excluding carboxylic acids is 2. The molecule has 120 valence electrons. The van der Waals surface area contributed by atoms with Gasteiger partial charge in [-0.3, -0.25) is 9.59 Å². The Morgan fingerprint density at radius 3 is 1.42 bits per heavy atom. The highest BCUT2D eigenvalue weighted by molar-refractivity contribution is 6.23. The molecule has 2 aromatic carbocycles. The number of fused-ring (bicyclic) bond motifs is 2. The molecule has 4 N–H and O–H groups in total. The number of amides is 2. The van der Waals surface area contributed by atoms with Gasteiger partial charge < -0.3 is 20.8 Å². The topological polar surface area (TPSA) is 133 Å². The number of benzene rings is 2. The van der Waals surface area contributed by atoms with Crippen LogP contribution in [0.2, 0.25) is 0 Å². The number of rotatable bonds is 2. The Morgan fingerprint density at radius 2 is 1.08 bits per heavy atom. The van der Waals surface area contributed by atoms with Gasteiger partial charge in [-0.2, -0.15) is 0 Å². The van der Waals surface area contributed by atoms with Crippen molar-refractivity contribution in [2.24, 2.45) is 0 Å². The first-order chi connectivity index (χ1) is 11.4. The van der Waals surface area contributed by atoms with Crippen molar-refractivity contribution >= 4 is 35.1 Å². The van der Waals surface area contributed by atoms with Crippen LogP contribution in [0.1, 0.15) is 41.4 Å². The summed E-state index contributed by atoms with van der Waals surface area (Å²) in [5.41, 5.74) is -0.979. The Kier molecular flexibility index (Phi) is 3.49. The van der Waals surface area contributed by atoms with Crippen LogP contribution < -0.4 is 10.6 Å². The number of hydrogen-bond acceptors (Lipinski definition) is 4. The molecule has 0 saturated heterocycles. The molecule has 8 nitrogen and oxygen atoms in total. The van der Waals surface area contributed by atoms with Gasteiger partial charge in [-0.25, -0.2) is 9.59 Å². The molecule has 0 bridgehead atoms. The van der Waals surface area contributed by atoms with Crippen molar-refractivity contribution in [2.75, 3.05) is 10.6 Å². The third-order valence-corrected chi connectivity index (χ3v) is 3.54. The van der Waals surface area contributed by atoms with Gasteiger partial charge in [0, 0.05) is 0 Å².